The molecule has 102 valence electrons. The number of anilines is 2. The quantitative estimate of drug-likeness (QED) is 0.657. The summed E-state index contributed by atoms with van der Waals surface area (Å²) in [6, 6.07) is 6.25. The normalized spacial score (nSPS) is 18.6. The minimum Gasteiger partial charge on any atom is -0.351 e. The molecule has 19 heavy (non-hydrogen) atoms. The summed E-state index contributed by atoms with van der Waals surface area (Å²) in [6.45, 7) is 1.71. The third kappa shape index (κ3) is 3.96. The molecule has 2 rings (SSSR count). The summed E-state index contributed by atoms with van der Waals surface area (Å²) < 4.78 is 0. The van der Waals surface area contributed by atoms with Crippen molar-refractivity contribution in [3.8, 4) is 0 Å². The lowest BCUT2D eigenvalue weighted by molar-refractivity contribution is -0.120. The van der Waals surface area contributed by atoms with E-state index in [-0.39, 0.29) is 11.8 Å². The van der Waals surface area contributed by atoms with Crippen LogP contribution in [0.5, 0.6) is 0 Å². The van der Waals surface area contributed by atoms with E-state index in [1.165, 1.54) is 0 Å². The number of rotatable bonds is 3. The average molecular weight is 262 g/mol. The Labute approximate surface area is 111 Å². The van der Waals surface area contributed by atoms with E-state index in [1.54, 1.807) is 24.3 Å². The van der Waals surface area contributed by atoms with Gasteiger partial charge in [0.05, 0.1) is 5.92 Å². The van der Waals surface area contributed by atoms with Gasteiger partial charge in [0.2, 0.25) is 5.91 Å². The van der Waals surface area contributed by atoms with Crippen LogP contribution in [0.4, 0.5) is 16.2 Å². The molecular formula is C13H18N4O2. The molecule has 0 aliphatic carbocycles. The Morgan fingerprint density at radius 3 is 2.32 bits per heavy atom. The molecule has 0 radical (unpaired) electrons. The average Bonchev–Trinajstić information content (AvgIpc) is 2.41. The fourth-order valence-corrected chi connectivity index (χ4v) is 2.10. The molecule has 5 N–H and O–H groups in total. The van der Waals surface area contributed by atoms with Crippen molar-refractivity contribution in [1.29, 1.82) is 0 Å². The molecule has 6 heteroatoms. The van der Waals surface area contributed by atoms with Crippen LogP contribution < -0.4 is 21.7 Å². The number of nitrogens with one attached hydrogen (secondary N) is 3. The van der Waals surface area contributed by atoms with E-state index >= 15 is 0 Å². The van der Waals surface area contributed by atoms with Crippen LogP contribution in [-0.4, -0.2) is 25.0 Å². The van der Waals surface area contributed by atoms with Crippen molar-refractivity contribution < 1.29 is 9.59 Å². The standard InChI is InChI=1S/C13H18N4O2/c14-13(19)17-11-5-3-10(4-6-11)16-12(18)9-2-1-7-15-8-9/h3-6,9,15H,1-2,7-8H2,(H,16,18)(H3,14,17,19)/t9-/m1/s1. The van der Waals surface area contributed by atoms with Gasteiger partial charge >= 0.3 is 6.03 Å². The summed E-state index contributed by atoms with van der Waals surface area (Å²) in [6.07, 6.45) is 1.94. The molecule has 0 saturated carbocycles. The third-order valence-corrected chi connectivity index (χ3v) is 3.09. The van der Waals surface area contributed by atoms with Crippen LogP contribution in [0.2, 0.25) is 0 Å². The predicted octanol–water partition coefficient (Wildman–Crippen LogP) is 1.12. The highest BCUT2D eigenvalue weighted by molar-refractivity contribution is 5.93. The van der Waals surface area contributed by atoms with Gasteiger partial charge in [-0.05, 0) is 43.7 Å². The molecule has 1 heterocycles. The van der Waals surface area contributed by atoms with Crippen LogP contribution in [0.25, 0.3) is 0 Å². The molecule has 1 aromatic carbocycles. The number of amides is 3. The lowest BCUT2D eigenvalue weighted by atomic mass is 9.99. The van der Waals surface area contributed by atoms with E-state index in [2.05, 4.69) is 16.0 Å². The third-order valence-electron chi connectivity index (χ3n) is 3.09. The lowest BCUT2D eigenvalue weighted by Gasteiger charge is -2.21. The van der Waals surface area contributed by atoms with E-state index in [9.17, 15) is 9.59 Å². The first-order valence-corrected chi connectivity index (χ1v) is 6.33. The Balaban J connectivity index is 1.91. The van der Waals surface area contributed by atoms with Gasteiger partial charge in [-0.25, -0.2) is 4.79 Å². The smallest absolute Gasteiger partial charge is 0.316 e. The van der Waals surface area contributed by atoms with Gasteiger partial charge in [-0.3, -0.25) is 4.79 Å². The molecule has 6 nitrogen and oxygen atoms in total. The molecular weight excluding hydrogens is 244 g/mol. The largest absolute Gasteiger partial charge is 0.351 e. The Bertz CT molecular complexity index is 452. The van der Waals surface area contributed by atoms with Gasteiger partial charge in [0.25, 0.3) is 0 Å². The fraction of sp³-hybridized carbons (Fsp3) is 0.385. The Morgan fingerprint density at radius 1 is 1.16 bits per heavy atom. The number of carbonyl (C=O) groups is 2. The van der Waals surface area contributed by atoms with Crippen molar-refractivity contribution in [3.05, 3.63) is 24.3 Å². The van der Waals surface area contributed by atoms with Crippen LogP contribution in [0.15, 0.2) is 24.3 Å². The van der Waals surface area contributed by atoms with Crippen LogP contribution in [0.3, 0.4) is 0 Å². The van der Waals surface area contributed by atoms with E-state index < -0.39 is 6.03 Å². The zero-order valence-electron chi connectivity index (χ0n) is 10.6. The molecule has 1 aliphatic heterocycles. The molecule has 1 atom stereocenters. The Morgan fingerprint density at radius 2 is 1.79 bits per heavy atom. The van der Waals surface area contributed by atoms with Gasteiger partial charge in [0.15, 0.2) is 0 Å². The number of piperidine rings is 1. The number of hydrogen-bond acceptors (Lipinski definition) is 3. The van der Waals surface area contributed by atoms with Gasteiger partial charge in [-0.1, -0.05) is 0 Å². The monoisotopic (exact) mass is 262 g/mol. The van der Waals surface area contributed by atoms with Gasteiger partial charge in [0.1, 0.15) is 0 Å². The summed E-state index contributed by atoms with van der Waals surface area (Å²) in [7, 11) is 0. The summed E-state index contributed by atoms with van der Waals surface area (Å²) in [5, 5.41) is 8.54. The first-order valence-electron chi connectivity index (χ1n) is 6.33. The maximum atomic E-state index is 12.0. The second-order valence-electron chi connectivity index (χ2n) is 4.60. The number of carbonyl (C=O) groups excluding carboxylic acids is 2. The van der Waals surface area contributed by atoms with E-state index in [0.717, 1.165) is 25.9 Å². The highest BCUT2D eigenvalue weighted by Gasteiger charge is 2.20. The lowest BCUT2D eigenvalue weighted by Crippen LogP contribution is -2.37. The Hall–Kier alpha value is -2.08. The van der Waals surface area contributed by atoms with Crippen molar-refractivity contribution in [2.24, 2.45) is 11.7 Å². The summed E-state index contributed by atoms with van der Waals surface area (Å²) in [4.78, 5) is 22.7. The van der Waals surface area contributed by atoms with Crippen LogP contribution in [0.1, 0.15) is 12.8 Å². The molecule has 1 saturated heterocycles. The minimum atomic E-state index is -0.606. The molecule has 0 aromatic heterocycles. The van der Waals surface area contributed by atoms with Crippen LogP contribution in [-0.2, 0) is 4.79 Å². The van der Waals surface area contributed by atoms with Crippen molar-refractivity contribution in [1.82, 2.24) is 5.32 Å². The number of nitrogens with two attached hydrogens (primary N) is 1. The summed E-state index contributed by atoms with van der Waals surface area (Å²) >= 11 is 0. The van der Waals surface area contributed by atoms with Crippen molar-refractivity contribution in [2.45, 2.75) is 12.8 Å². The molecule has 3 amide bonds. The second-order valence-corrected chi connectivity index (χ2v) is 4.60. The number of primary amides is 1. The first-order chi connectivity index (χ1) is 9.15. The van der Waals surface area contributed by atoms with E-state index in [4.69, 9.17) is 5.73 Å². The first kappa shape index (κ1) is 13.4. The zero-order valence-corrected chi connectivity index (χ0v) is 10.6. The van der Waals surface area contributed by atoms with Gasteiger partial charge in [-0.2, -0.15) is 0 Å². The van der Waals surface area contributed by atoms with Crippen LogP contribution >= 0.6 is 0 Å². The molecule has 0 unspecified atom stereocenters. The van der Waals surface area contributed by atoms with Crippen LogP contribution in [0, 0.1) is 5.92 Å². The van der Waals surface area contributed by atoms with E-state index in [1.807, 2.05) is 0 Å². The molecule has 1 fully saturated rings. The topological polar surface area (TPSA) is 96.2 Å². The highest BCUT2D eigenvalue weighted by atomic mass is 16.2. The maximum absolute atomic E-state index is 12.0. The fourth-order valence-electron chi connectivity index (χ4n) is 2.10. The number of urea groups is 1. The SMILES string of the molecule is NC(=O)Nc1ccc(NC(=O)[C@@H]2CCCNC2)cc1. The number of hydrogen-bond donors (Lipinski definition) is 4. The molecule has 1 aliphatic rings. The van der Waals surface area contributed by atoms with Gasteiger partial charge in [-0.15, -0.1) is 0 Å². The summed E-state index contributed by atoms with van der Waals surface area (Å²) in [5.74, 6) is 0.0555. The Kier molecular flexibility index (Phi) is 4.35. The van der Waals surface area contributed by atoms with Crippen molar-refractivity contribution in [2.75, 3.05) is 23.7 Å². The molecule has 1 aromatic rings. The van der Waals surface area contributed by atoms with E-state index in [0.29, 0.717) is 11.4 Å². The maximum Gasteiger partial charge on any atom is 0.316 e. The minimum absolute atomic E-state index is 0.0252. The predicted molar refractivity (Wildman–Crippen MR) is 73.9 cm³/mol. The van der Waals surface area contributed by atoms with Gasteiger partial charge < -0.3 is 21.7 Å². The number of benzene rings is 1. The molecule has 0 spiro atoms. The highest BCUT2D eigenvalue weighted by Crippen LogP contribution is 2.16. The second kappa shape index (κ2) is 6.19. The van der Waals surface area contributed by atoms with Crippen molar-refractivity contribution >= 4 is 23.3 Å². The molecule has 0 bridgehead atoms. The van der Waals surface area contributed by atoms with Crippen molar-refractivity contribution in [3.63, 3.8) is 0 Å². The zero-order chi connectivity index (χ0) is 13.7. The van der Waals surface area contributed by atoms with Gasteiger partial charge in [0, 0.05) is 17.9 Å². The summed E-state index contributed by atoms with van der Waals surface area (Å²) in [5.41, 5.74) is 6.33.